The number of hydrogen-bond acceptors (Lipinski definition) is 4. The molecule has 1 aromatic heterocycles. The van der Waals surface area contributed by atoms with E-state index in [0.29, 0.717) is 10.6 Å². The minimum Gasteiger partial charge on any atom is -0.319 e. The zero-order valence-electron chi connectivity index (χ0n) is 12.8. The molecule has 0 aliphatic heterocycles. The van der Waals surface area contributed by atoms with E-state index in [2.05, 4.69) is 10.0 Å². The number of anilines is 2. The third-order valence-electron chi connectivity index (χ3n) is 3.29. The Morgan fingerprint density at radius 3 is 2.24 bits per heavy atom. The zero-order valence-corrected chi connectivity index (χ0v) is 14.4. The molecule has 25 heavy (non-hydrogen) atoms. The Kier molecular flexibility index (Phi) is 4.82. The van der Waals surface area contributed by atoms with Gasteiger partial charge in [-0.25, -0.2) is 12.8 Å². The summed E-state index contributed by atoms with van der Waals surface area (Å²) in [7, 11) is -3.91. The summed E-state index contributed by atoms with van der Waals surface area (Å²) in [4.78, 5) is 12.6. The first kappa shape index (κ1) is 17.1. The summed E-state index contributed by atoms with van der Waals surface area (Å²) in [6, 6.07) is 14.4. The third kappa shape index (κ3) is 4.04. The van der Waals surface area contributed by atoms with Crippen LogP contribution in [0.4, 0.5) is 15.8 Å². The molecule has 2 N–H and O–H groups in total. The average molecular weight is 376 g/mol. The molecular formula is C17H13FN2O3S2. The third-order valence-corrected chi connectivity index (χ3v) is 5.54. The minimum absolute atomic E-state index is 0.0757. The van der Waals surface area contributed by atoms with Crippen LogP contribution in [0.25, 0.3) is 0 Å². The summed E-state index contributed by atoms with van der Waals surface area (Å²) in [5, 5.41) is 4.46. The second-order valence-corrected chi connectivity index (χ2v) is 7.67. The molecule has 0 saturated heterocycles. The smallest absolute Gasteiger partial charge is 0.265 e. The van der Waals surface area contributed by atoms with Gasteiger partial charge in [0.25, 0.3) is 15.9 Å². The van der Waals surface area contributed by atoms with Crippen LogP contribution in [0.2, 0.25) is 0 Å². The van der Waals surface area contributed by atoms with Gasteiger partial charge in [-0.3, -0.25) is 9.52 Å². The Hall–Kier alpha value is -2.71. The van der Waals surface area contributed by atoms with Gasteiger partial charge in [0, 0.05) is 0 Å². The summed E-state index contributed by atoms with van der Waals surface area (Å²) in [6.07, 6.45) is 0. The number of para-hydroxylation sites is 2. The molecule has 0 bridgehead atoms. The predicted octanol–water partition coefficient (Wildman–Crippen LogP) is 3.94. The highest BCUT2D eigenvalue weighted by atomic mass is 32.2. The topological polar surface area (TPSA) is 75.3 Å². The van der Waals surface area contributed by atoms with Gasteiger partial charge in [-0.1, -0.05) is 18.2 Å². The Balaban J connectivity index is 1.85. The van der Waals surface area contributed by atoms with Crippen molar-refractivity contribution in [1.29, 1.82) is 0 Å². The fourth-order valence-corrected chi connectivity index (χ4v) is 3.79. The van der Waals surface area contributed by atoms with Gasteiger partial charge in [-0.2, -0.15) is 0 Å². The summed E-state index contributed by atoms with van der Waals surface area (Å²) in [5.41, 5.74) is 0.545. The van der Waals surface area contributed by atoms with Crippen molar-refractivity contribution in [3.63, 3.8) is 0 Å². The first-order chi connectivity index (χ1) is 12.0. The van der Waals surface area contributed by atoms with Crippen molar-refractivity contribution < 1.29 is 17.6 Å². The molecule has 1 heterocycles. The lowest BCUT2D eigenvalue weighted by molar-refractivity contribution is 0.103. The minimum atomic E-state index is -3.91. The van der Waals surface area contributed by atoms with Crippen LogP contribution in [-0.2, 0) is 10.0 Å². The summed E-state index contributed by atoms with van der Waals surface area (Å²) >= 11 is 1.28. The number of rotatable bonds is 5. The van der Waals surface area contributed by atoms with E-state index in [1.165, 1.54) is 29.5 Å². The molecule has 3 aromatic rings. The summed E-state index contributed by atoms with van der Waals surface area (Å²) < 4.78 is 40.3. The molecule has 0 aliphatic rings. The van der Waals surface area contributed by atoms with Crippen molar-refractivity contribution in [3.8, 4) is 0 Å². The molecule has 5 nitrogen and oxygen atoms in total. The lowest BCUT2D eigenvalue weighted by Gasteiger charge is -2.13. The normalized spacial score (nSPS) is 11.1. The van der Waals surface area contributed by atoms with E-state index in [-0.39, 0.29) is 16.5 Å². The number of amides is 1. The van der Waals surface area contributed by atoms with Crippen LogP contribution in [0, 0.1) is 5.82 Å². The molecule has 0 spiro atoms. The highest BCUT2D eigenvalue weighted by Crippen LogP contribution is 2.25. The Bertz CT molecular complexity index is 985. The number of nitrogens with one attached hydrogen (secondary N) is 2. The SMILES string of the molecule is O=C(Nc1ccccc1NS(=O)(=O)c1ccc(F)cc1)c1cccs1. The molecule has 0 radical (unpaired) electrons. The predicted molar refractivity (Wildman–Crippen MR) is 95.9 cm³/mol. The monoisotopic (exact) mass is 376 g/mol. The van der Waals surface area contributed by atoms with E-state index in [1.807, 2.05) is 0 Å². The fourth-order valence-electron chi connectivity index (χ4n) is 2.09. The number of carbonyl (C=O) groups excluding carboxylic acids is 1. The molecule has 2 aromatic carbocycles. The van der Waals surface area contributed by atoms with Crippen molar-refractivity contribution in [2.45, 2.75) is 4.90 Å². The average Bonchev–Trinajstić information content (AvgIpc) is 3.11. The Morgan fingerprint density at radius 1 is 0.920 bits per heavy atom. The van der Waals surface area contributed by atoms with Gasteiger partial charge in [-0.15, -0.1) is 11.3 Å². The lowest BCUT2D eigenvalue weighted by Crippen LogP contribution is -2.16. The second-order valence-electron chi connectivity index (χ2n) is 5.04. The number of carbonyl (C=O) groups is 1. The highest BCUT2D eigenvalue weighted by Gasteiger charge is 2.17. The van der Waals surface area contributed by atoms with Gasteiger partial charge < -0.3 is 5.32 Å². The molecule has 1 amide bonds. The molecule has 0 aliphatic carbocycles. The fraction of sp³-hybridized carbons (Fsp3) is 0. The van der Waals surface area contributed by atoms with Crippen LogP contribution in [0.5, 0.6) is 0 Å². The number of hydrogen-bond donors (Lipinski definition) is 2. The molecule has 0 saturated carbocycles. The Morgan fingerprint density at radius 2 is 1.60 bits per heavy atom. The van der Waals surface area contributed by atoms with Crippen LogP contribution in [0.3, 0.4) is 0 Å². The van der Waals surface area contributed by atoms with E-state index in [1.54, 1.807) is 35.7 Å². The molecular weight excluding hydrogens is 363 g/mol. The van der Waals surface area contributed by atoms with E-state index < -0.39 is 15.8 Å². The number of benzene rings is 2. The van der Waals surface area contributed by atoms with Gasteiger partial charge in [0.05, 0.1) is 21.1 Å². The van der Waals surface area contributed by atoms with Crippen molar-refractivity contribution >= 4 is 38.6 Å². The maximum Gasteiger partial charge on any atom is 0.265 e. The molecule has 8 heteroatoms. The molecule has 128 valence electrons. The molecule has 0 unspecified atom stereocenters. The highest BCUT2D eigenvalue weighted by molar-refractivity contribution is 7.92. The standard InChI is InChI=1S/C17H13FN2O3S2/c18-12-7-9-13(10-8-12)25(22,23)20-15-5-2-1-4-14(15)19-17(21)16-6-3-11-24-16/h1-11,20H,(H,19,21). The van der Waals surface area contributed by atoms with Crippen molar-refractivity contribution in [3.05, 3.63) is 76.7 Å². The van der Waals surface area contributed by atoms with E-state index >= 15 is 0 Å². The molecule has 0 fully saturated rings. The molecule has 0 atom stereocenters. The summed E-state index contributed by atoms with van der Waals surface area (Å²) in [6.45, 7) is 0. The lowest BCUT2D eigenvalue weighted by atomic mass is 10.2. The first-order valence-electron chi connectivity index (χ1n) is 7.18. The van der Waals surface area contributed by atoms with Crippen LogP contribution in [0.1, 0.15) is 9.67 Å². The van der Waals surface area contributed by atoms with E-state index in [4.69, 9.17) is 0 Å². The van der Waals surface area contributed by atoms with Gasteiger partial charge >= 0.3 is 0 Å². The maximum absolute atomic E-state index is 13.0. The zero-order chi connectivity index (χ0) is 17.9. The van der Waals surface area contributed by atoms with Gasteiger partial charge in [0.2, 0.25) is 0 Å². The summed E-state index contributed by atoms with van der Waals surface area (Å²) in [5.74, 6) is -0.856. The Labute approximate surface area is 148 Å². The number of halogens is 1. The van der Waals surface area contributed by atoms with Crippen LogP contribution in [0.15, 0.2) is 70.9 Å². The van der Waals surface area contributed by atoms with Crippen molar-refractivity contribution in [2.24, 2.45) is 0 Å². The largest absolute Gasteiger partial charge is 0.319 e. The first-order valence-corrected chi connectivity index (χ1v) is 9.54. The number of sulfonamides is 1. The second kappa shape index (κ2) is 7.04. The maximum atomic E-state index is 13.0. The van der Waals surface area contributed by atoms with Gasteiger partial charge in [0.15, 0.2) is 0 Å². The molecule has 3 rings (SSSR count). The quantitative estimate of drug-likeness (QED) is 0.708. The van der Waals surface area contributed by atoms with Crippen molar-refractivity contribution in [1.82, 2.24) is 0 Å². The number of thiophene rings is 1. The van der Waals surface area contributed by atoms with Gasteiger partial charge in [-0.05, 0) is 47.8 Å². The van der Waals surface area contributed by atoms with Crippen LogP contribution in [-0.4, -0.2) is 14.3 Å². The van der Waals surface area contributed by atoms with Crippen LogP contribution >= 0.6 is 11.3 Å². The van der Waals surface area contributed by atoms with Crippen LogP contribution < -0.4 is 10.0 Å². The van der Waals surface area contributed by atoms with E-state index in [0.717, 1.165) is 12.1 Å². The van der Waals surface area contributed by atoms with Crippen molar-refractivity contribution in [2.75, 3.05) is 10.0 Å². The van der Waals surface area contributed by atoms with Gasteiger partial charge in [0.1, 0.15) is 5.82 Å². The van der Waals surface area contributed by atoms with E-state index in [9.17, 15) is 17.6 Å².